The standard InChI is InChI=1S/C18H22ClNO4/c19-15-7-5-14(6-8-15)16(21)9-10-18(23)24-13-17(22)20-11-3-1-2-4-12-20/h5-8H,1-4,9-13H2. The van der Waals surface area contributed by atoms with Gasteiger partial charge in [0, 0.05) is 30.1 Å². The summed E-state index contributed by atoms with van der Waals surface area (Å²) in [5.41, 5.74) is 0.507. The number of esters is 1. The fraction of sp³-hybridized carbons (Fsp3) is 0.500. The maximum atomic E-state index is 12.0. The monoisotopic (exact) mass is 351 g/mol. The van der Waals surface area contributed by atoms with E-state index in [1.807, 2.05) is 0 Å². The molecule has 0 spiro atoms. The molecule has 0 bridgehead atoms. The predicted molar refractivity (Wildman–Crippen MR) is 91.0 cm³/mol. The van der Waals surface area contributed by atoms with Gasteiger partial charge in [-0.25, -0.2) is 0 Å². The number of nitrogens with zero attached hydrogens (tertiary/aromatic N) is 1. The van der Waals surface area contributed by atoms with Crippen LogP contribution >= 0.6 is 11.6 Å². The number of Topliss-reactive ketones (excluding diaryl/α,β-unsaturated/α-hetero) is 1. The van der Waals surface area contributed by atoms with Crippen molar-refractivity contribution in [1.82, 2.24) is 4.90 Å². The Morgan fingerprint density at radius 2 is 1.58 bits per heavy atom. The normalized spacial score (nSPS) is 14.8. The fourth-order valence-corrected chi connectivity index (χ4v) is 2.75. The van der Waals surface area contributed by atoms with Gasteiger partial charge < -0.3 is 9.64 Å². The molecule has 0 atom stereocenters. The van der Waals surface area contributed by atoms with Crippen molar-refractivity contribution in [2.75, 3.05) is 19.7 Å². The number of rotatable bonds is 6. The highest BCUT2D eigenvalue weighted by molar-refractivity contribution is 6.30. The van der Waals surface area contributed by atoms with Crippen LogP contribution < -0.4 is 0 Å². The number of amides is 1. The summed E-state index contributed by atoms with van der Waals surface area (Å²) in [7, 11) is 0. The zero-order chi connectivity index (χ0) is 17.4. The minimum Gasteiger partial charge on any atom is -0.456 e. The molecule has 130 valence electrons. The Morgan fingerprint density at radius 3 is 2.21 bits per heavy atom. The van der Waals surface area contributed by atoms with Crippen LogP contribution in [0.5, 0.6) is 0 Å². The first-order valence-electron chi connectivity index (χ1n) is 8.28. The first-order chi connectivity index (χ1) is 11.6. The summed E-state index contributed by atoms with van der Waals surface area (Å²) >= 11 is 5.77. The van der Waals surface area contributed by atoms with Crippen LogP contribution in [0.3, 0.4) is 0 Å². The van der Waals surface area contributed by atoms with Crippen molar-refractivity contribution in [2.24, 2.45) is 0 Å². The maximum absolute atomic E-state index is 12.0. The zero-order valence-electron chi connectivity index (χ0n) is 13.6. The van der Waals surface area contributed by atoms with Crippen molar-refractivity contribution in [3.8, 4) is 0 Å². The summed E-state index contributed by atoms with van der Waals surface area (Å²) in [6.07, 6.45) is 4.28. The zero-order valence-corrected chi connectivity index (χ0v) is 14.4. The molecule has 0 saturated carbocycles. The van der Waals surface area contributed by atoms with E-state index in [1.165, 1.54) is 0 Å². The second-order valence-corrected chi connectivity index (χ2v) is 6.32. The smallest absolute Gasteiger partial charge is 0.306 e. The molecule has 24 heavy (non-hydrogen) atoms. The molecule has 5 nitrogen and oxygen atoms in total. The number of likely N-dealkylation sites (tertiary alicyclic amines) is 1. The predicted octanol–water partition coefficient (Wildman–Crippen LogP) is 3.25. The minimum absolute atomic E-state index is 0.0330. The number of ketones is 1. The Labute approximate surface area is 146 Å². The Hall–Kier alpha value is -1.88. The number of halogens is 1. The van der Waals surface area contributed by atoms with Gasteiger partial charge in [0.2, 0.25) is 0 Å². The Bertz CT molecular complexity index is 577. The van der Waals surface area contributed by atoms with Crippen LogP contribution in [0.15, 0.2) is 24.3 Å². The van der Waals surface area contributed by atoms with Gasteiger partial charge in [0.1, 0.15) is 0 Å². The SMILES string of the molecule is O=C(CCC(=O)c1ccc(Cl)cc1)OCC(=O)N1CCCCCC1. The van der Waals surface area contributed by atoms with E-state index in [0.29, 0.717) is 10.6 Å². The number of hydrogen-bond acceptors (Lipinski definition) is 4. The van der Waals surface area contributed by atoms with Crippen LogP contribution in [-0.2, 0) is 14.3 Å². The molecule has 0 unspecified atom stereocenters. The molecular weight excluding hydrogens is 330 g/mol. The third-order valence-electron chi connectivity index (χ3n) is 4.04. The molecule has 1 aliphatic heterocycles. The van der Waals surface area contributed by atoms with Crippen molar-refractivity contribution in [1.29, 1.82) is 0 Å². The van der Waals surface area contributed by atoms with Crippen molar-refractivity contribution in [2.45, 2.75) is 38.5 Å². The topological polar surface area (TPSA) is 63.7 Å². The van der Waals surface area contributed by atoms with Crippen molar-refractivity contribution < 1.29 is 19.1 Å². The lowest BCUT2D eigenvalue weighted by molar-refractivity contribution is -0.152. The number of ether oxygens (including phenoxy) is 1. The minimum atomic E-state index is -0.527. The molecule has 2 rings (SSSR count). The first kappa shape index (κ1) is 18.5. The van der Waals surface area contributed by atoms with Gasteiger partial charge >= 0.3 is 5.97 Å². The van der Waals surface area contributed by atoms with E-state index in [-0.39, 0.29) is 31.1 Å². The Kier molecular flexibility index (Phi) is 7.25. The van der Waals surface area contributed by atoms with Gasteiger partial charge in [-0.1, -0.05) is 24.4 Å². The molecule has 1 fully saturated rings. The van der Waals surface area contributed by atoms with Crippen LogP contribution in [-0.4, -0.2) is 42.3 Å². The molecule has 1 saturated heterocycles. The van der Waals surface area contributed by atoms with Crippen LogP contribution in [0.25, 0.3) is 0 Å². The van der Waals surface area contributed by atoms with E-state index in [2.05, 4.69) is 0 Å². The van der Waals surface area contributed by atoms with E-state index in [9.17, 15) is 14.4 Å². The molecular formula is C18H22ClNO4. The second-order valence-electron chi connectivity index (χ2n) is 5.89. The van der Waals surface area contributed by atoms with Gasteiger partial charge in [-0.15, -0.1) is 0 Å². The van der Waals surface area contributed by atoms with E-state index < -0.39 is 5.97 Å². The number of benzene rings is 1. The molecule has 0 aliphatic carbocycles. The summed E-state index contributed by atoms with van der Waals surface area (Å²) in [6.45, 7) is 1.21. The molecule has 0 N–H and O–H groups in total. The van der Waals surface area contributed by atoms with Crippen LogP contribution in [0.4, 0.5) is 0 Å². The Morgan fingerprint density at radius 1 is 0.958 bits per heavy atom. The molecule has 1 aromatic carbocycles. The lowest BCUT2D eigenvalue weighted by Crippen LogP contribution is -2.35. The third-order valence-corrected chi connectivity index (χ3v) is 4.29. The molecule has 1 heterocycles. The number of hydrogen-bond donors (Lipinski definition) is 0. The molecule has 0 aromatic heterocycles. The van der Waals surface area contributed by atoms with Crippen LogP contribution in [0.2, 0.25) is 5.02 Å². The first-order valence-corrected chi connectivity index (χ1v) is 8.66. The third kappa shape index (κ3) is 5.96. The molecule has 0 radical (unpaired) electrons. The summed E-state index contributed by atoms with van der Waals surface area (Å²) in [6, 6.07) is 6.51. The van der Waals surface area contributed by atoms with Crippen molar-refractivity contribution in [3.05, 3.63) is 34.9 Å². The lowest BCUT2D eigenvalue weighted by atomic mass is 10.1. The van der Waals surface area contributed by atoms with Crippen LogP contribution in [0.1, 0.15) is 48.9 Å². The van der Waals surface area contributed by atoms with Crippen molar-refractivity contribution in [3.63, 3.8) is 0 Å². The quantitative estimate of drug-likeness (QED) is 0.583. The molecule has 1 aliphatic rings. The average Bonchev–Trinajstić information content (AvgIpc) is 2.87. The van der Waals surface area contributed by atoms with Crippen LogP contribution in [0, 0.1) is 0 Å². The highest BCUT2D eigenvalue weighted by atomic mass is 35.5. The van der Waals surface area contributed by atoms with Gasteiger partial charge in [0.25, 0.3) is 5.91 Å². The van der Waals surface area contributed by atoms with Gasteiger partial charge in [-0.2, -0.15) is 0 Å². The summed E-state index contributed by atoms with van der Waals surface area (Å²) in [5.74, 6) is -0.836. The number of carbonyl (C=O) groups excluding carboxylic acids is 3. The molecule has 6 heteroatoms. The van der Waals surface area contributed by atoms with Gasteiger partial charge in [0.05, 0.1) is 6.42 Å². The van der Waals surface area contributed by atoms with E-state index in [4.69, 9.17) is 16.3 Å². The lowest BCUT2D eigenvalue weighted by Gasteiger charge is -2.19. The van der Waals surface area contributed by atoms with Crippen molar-refractivity contribution >= 4 is 29.3 Å². The summed E-state index contributed by atoms with van der Waals surface area (Å²) in [5, 5.41) is 0.554. The highest BCUT2D eigenvalue weighted by Gasteiger charge is 2.17. The average molecular weight is 352 g/mol. The molecule has 1 aromatic rings. The molecule has 1 amide bonds. The number of carbonyl (C=O) groups is 3. The summed E-state index contributed by atoms with van der Waals surface area (Å²) in [4.78, 5) is 37.4. The van der Waals surface area contributed by atoms with Gasteiger partial charge in [0.15, 0.2) is 12.4 Å². The fourth-order valence-electron chi connectivity index (χ4n) is 2.62. The second kappa shape index (κ2) is 9.42. The van der Waals surface area contributed by atoms with Gasteiger partial charge in [-0.3, -0.25) is 14.4 Å². The summed E-state index contributed by atoms with van der Waals surface area (Å²) < 4.78 is 5.00. The van der Waals surface area contributed by atoms with Gasteiger partial charge in [-0.05, 0) is 37.1 Å². The Balaban J connectivity index is 1.70. The highest BCUT2D eigenvalue weighted by Crippen LogP contribution is 2.12. The van der Waals surface area contributed by atoms with E-state index in [0.717, 1.165) is 38.8 Å². The maximum Gasteiger partial charge on any atom is 0.306 e. The van der Waals surface area contributed by atoms with E-state index in [1.54, 1.807) is 29.2 Å². The largest absolute Gasteiger partial charge is 0.456 e. The van der Waals surface area contributed by atoms with E-state index >= 15 is 0 Å².